The van der Waals surface area contributed by atoms with Gasteiger partial charge in [0, 0.05) is 12.1 Å². The zero-order valence-electron chi connectivity index (χ0n) is 13.8. The quantitative estimate of drug-likeness (QED) is 0.495. The average Bonchev–Trinajstić information content (AvgIpc) is 2.55. The molecule has 0 atom stereocenters. The molecule has 25 heavy (non-hydrogen) atoms. The minimum atomic E-state index is -4.08. The third-order valence-electron chi connectivity index (χ3n) is 3.58. The summed E-state index contributed by atoms with van der Waals surface area (Å²) in [7, 11) is -2.86. The van der Waals surface area contributed by atoms with Crippen molar-refractivity contribution in [3.05, 3.63) is 63.2 Å². The lowest BCUT2D eigenvalue weighted by molar-refractivity contribution is -0.385. The molecule has 0 aromatic heterocycles. The minimum absolute atomic E-state index is 0.182. The summed E-state index contributed by atoms with van der Waals surface area (Å²) in [5.74, 6) is -0.605. The molecule has 1 N–H and O–H groups in total. The van der Waals surface area contributed by atoms with Crippen LogP contribution in [0, 0.1) is 24.0 Å². The summed E-state index contributed by atoms with van der Waals surface area (Å²) in [6.45, 7) is 3.20. The Kier molecular flexibility index (Phi) is 5.07. The van der Waals surface area contributed by atoms with Gasteiger partial charge < -0.3 is 4.74 Å². The van der Waals surface area contributed by atoms with E-state index in [0.717, 1.165) is 6.07 Å². The molecule has 0 spiro atoms. The molecule has 0 heterocycles. The van der Waals surface area contributed by atoms with E-state index in [1.165, 1.54) is 38.3 Å². The van der Waals surface area contributed by atoms with Gasteiger partial charge in [-0.3, -0.25) is 14.8 Å². The number of aryl methyl sites for hydroxylation is 2. The molecule has 8 nitrogen and oxygen atoms in total. The predicted octanol–water partition coefficient (Wildman–Crippen LogP) is 2.80. The van der Waals surface area contributed by atoms with Gasteiger partial charge in [-0.1, -0.05) is 12.1 Å². The fourth-order valence-corrected chi connectivity index (χ4v) is 3.56. The van der Waals surface area contributed by atoms with Crippen LogP contribution in [0.15, 0.2) is 41.3 Å². The number of hydrogen-bond donors (Lipinski definition) is 1. The Morgan fingerprint density at radius 3 is 2.36 bits per heavy atom. The van der Waals surface area contributed by atoms with Crippen LogP contribution in [0.4, 0.5) is 11.4 Å². The van der Waals surface area contributed by atoms with Crippen molar-refractivity contribution in [3.8, 4) is 0 Å². The van der Waals surface area contributed by atoms with Crippen molar-refractivity contribution in [1.29, 1.82) is 0 Å². The Hall–Kier alpha value is -2.94. The number of nitrogens with one attached hydrogen (secondary N) is 1. The molecule has 0 radical (unpaired) electrons. The molecule has 0 bridgehead atoms. The second-order valence-corrected chi connectivity index (χ2v) is 6.98. The van der Waals surface area contributed by atoms with Crippen LogP contribution in [-0.4, -0.2) is 26.4 Å². The highest BCUT2D eigenvalue weighted by molar-refractivity contribution is 7.92. The lowest BCUT2D eigenvalue weighted by atomic mass is 10.1. The van der Waals surface area contributed by atoms with E-state index in [1.54, 1.807) is 13.0 Å². The van der Waals surface area contributed by atoms with Crippen LogP contribution in [0.1, 0.15) is 21.5 Å². The molecule has 132 valence electrons. The van der Waals surface area contributed by atoms with Crippen LogP contribution < -0.4 is 4.72 Å². The fraction of sp³-hybridized carbons (Fsp3) is 0.188. The van der Waals surface area contributed by atoms with E-state index in [0.29, 0.717) is 11.1 Å². The molecule has 2 rings (SSSR count). The number of carbonyl (C=O) groups excluding carboxylic acids is 1. The highest BCUT2D eigenvalue weighted by atomic mass is 32.2. The highest BCUT2D eigenvalue weighted by Crippen LogP contribution is 2.26. The number of esters is 1. The summed E-state index contributed by atoms with van der Waals surface area (Å²) in [5.41, 5.74) is 0.987. The van der Waals surface area contributed by atoms with E-state index in [1.807, 2.05) is 0 Å². The number of carbonyl (C=O) groups is 1. The summed E-state index contributed by atoms with van der Waals surface area (Å²) in [4.78, 5) is 21.6. The summed E-state index contributed by atoms with van der Waals surface area (Å²) in [5, 5.41) is 10.9. The van der Waals surface area contributed by atoms with Crippen LogP contribution in [0.25, 0.3) is 0 Å². The second kappa shape index (κ2) is 6.89. The van der Waals surface area contributed by atoms with Crippen molar-refractivity contribution in [2.45, 2.75) is 18.7 Å². The zero-order valence-corrected chi connectivity index (χ0v) is 14.6. The van der Waals surface area contributed by atoms with Crippen molar-refractivity contribution in [3.63, 3.8) is 0 Å². The van der Waals surface area contributed by atoms with E-state index in [-0.39, 0.29) is 21.8 Å². The Morgan fingerprint density at radius 2 is 1.76 bits per heavy atom. The van der Waals surface area contributed by atoms with Crippen molar-refractivity contribution in [2.24, 2.45) is 0 Å². The lowest BCUT2D eigenvalue weighted by Gasteiger charge is -2.13. The van der Waals surface area contributed by atoms with Gasteiger partial charge in [0.05, 0.1) is 28.2 Å². The normalized spacial score (nSPS) is 11.0. The van der Waals surface area contributed by atoms with Crippen molar-refractivity contribution in [2.75, 3.05) is 11.8 Å². The number of sulfonamides is 1. The molecule has 0 unspecified atom stereocenters. The Morgan fingerprint density at radius 1 is 1.12 bits per heavy atom. The van der Waals surface area contributed by atoms with Gasteiger partial charge >= 0.3 is 5.97 Å². The van der Waals surface area contributed by atoms with E-state index in [2.05, 4.69) is 9.46 Å². The summed E-state index contributed by atoms with van der Waals surface area (Å²) in [6, 6.07) is 8.03. The molecule has 0 aliphatic heterocycles. The molecule has 0 amide bonds. The minimum Gasteiger partial charge on any atom is -0.465 e. The van der Waals surface area contributed by atoms with Crippen molar-refractivity contribution >= 4 is 27.4 Å². The van der Waals surface area contributed by atoms with E-state index >= 15 is 0 Å². The maximum absolute atomic E-state index is 12.7. The second-order valence-electron chi connectivity index (χ2n) is 5.33. The smallest absolute Gasteiger partial charge is 0.337 e. The lowest BCUT2D eigenvalue weighted by Crippen LogP contribution is -2.16. The Bertz CT molecular complexity index is 953. The van der Waals surface area contributed by atoms with Crippen LogP contribution in [0.3, 0.4) is 0 Å². The summed E-state index contributed by atoms with van der Waals surface area (Å²) < 4.78 is 32.3. The number of non-ortho nitro benzene ring substituents is 1. The maximum atomic E-state index is 12.7. The third kappa shape index (κ3) is 3.94. The molecule has 0 aliphatic rings. The number of nitro groups is 1. The first kappa shape index (κ1) is 18.4. The zero-order chi connectivity index (χ0) is 18.8. The van der Waals surface area contributed by atoms with Gasteiger partial charge in [0.2, 0.25) is 0 Å². The molecule has 9 heteroatoms. The Labute approximate surface area is 144 Å². The van der Waals surface area contributed by atoms with Gasteiger partial charge in [-0.15, -0.1) is 0 Å². The van der Waals surface area contributed by atoms with Gasteiger partial charge in [-0.2, -0.15) is 0 Å². The third-order valence-corrected chi connectivity index (χ3v) is 5.08. The van der Waals surface area contributed by atoms with Gasteiger partial charge in [0.1, 0.15) is 0 Å². The highest BCUT2D eigenvalue weighted by Gasteiger charge is 2.22. The van der Waals surface area contributed by atoms with Gasteiger partial charge in [0.15, 0.2) is 0 Å². The number of methoxy groups -OCH3 is 1. The first-order valence-corrected chi connectivity index (χ1v) is 8.61. The first-order valence-electron chi connectivity index (χ1n) is 7.12. The molecule has 2 aromatic rings. The molecular weight excluding hydrogens is 348 g/mol. The molecule has 0 saturated heterocycles. The largest absolute Gasteiger partial charge is 0.465 e. The van der Waals surface area contributed by atoms with Crippen LogP contribution in [0.5, 0.6) is 0 Å². The van der Waals surface area contributed by atoms with E-state index in [9.17, 15) is 23.3 Å². The number of benzene rings is 2. The van der Waals surface area contributed by atoms with Gasteiger partial charge in [-0.05, 0) is 37.1 Å². The molecular formula is C16H16N2O6S. The molecule has 0 aliphatic carbocycles. The average molecular weight is 364 g/mol. The number of nitrogens with zero attached hydrogens (tertiary/aromatic N) is 1. The predicted molar refractivity (Wildman–Crippen MR) is 91.2 cm³/mol. The van der Waals surface area contributed by atoms with Crippen LogP contribution in [-0.2, 0) is 14.8 Å². The number of rotatable bonds is 5. The van der Waals surface area contributed by atoms with Crippen molar-refractivity contribution in [1.82, 2.24) is 0 Å². The standard InChI is InChI=1S/C16H16N2O6S/c1-10-4-6-12(16(19)24-3)8-14(10)17-25(22,23)15-9-13(18(20)21)7-5-11(15)2/h4-9,17H,1-3H3. The molecule has 2 aromatic carbocycles. The maximum Gasteiger partial charge on any atom is 0.337 e. The SMILES string of the molecule is COC(=O)c1ccc(C)c(NS(=O)(=O)c2cc([N+](=O)[O-])ccc2C)c1. The first-order chi connectivity index (χ1) is 11.7. The van der Waals surface area contributed by atoms with Crippen molar-refractivity contribution < 1.29 is 22.9 Å². The van der Waals surface area contributed by atoms with Crippen LogP contribution in [0.2, 0.25) is 0 Å². The number of ether oxygens (including phenoxy) is 1. The van der Waals surface area contributed by atoms with Gasteiger partial charge in [0.25, 0.3) is 15.7 Å². The number of hydrogen-bond acceptors (Lipinski definition) is 6. The van der Waals surface area contributed by atoms with E-state index in [4.69, 9.17) is 0 Å². The number of anilines is 1. The Balaban J connectivity index is 2.48. The molecule has 0 saturated carbocycles. The topological polar surface area (TPSA) is 116 Å². The molecule has 0 fully saturated rings. The monoisotopic (exact) mass is 364 g/mol. The van der Waals surface area contributed by atoms with Gasteiger partial charge in [-0.25, -0.2) is 13.2 Å². The van der Waals surface area contributed by atoms with Crippen LogP contribution >= 0.6 is 0 Å². The fourth-order valence-electron chi connectivity index (χ4n) is 2.17. The summed E-state index contributed by atoms with van der Waals surface area (Å²) >= 11 is 0. The summed E-state index contributed by atoms with van der Waals surface area (Å²) in [6.07, 6.45) is 0. The number of nitro benzene ring substituents is 1. The van der Waals surface area contributed by atoms with E-state index < -0.39 is 20.9 Å².